The molecule has 0 aromatic rings. The fourth-order valence-corrected chi connectivity index (χ4v) is 1.83. The van der Waals surface area contributed by atoms with Crippen LogP contribution in [0.2, 0.25) is 0 Å². The van der Waals surface area contributed by atoms with Gasteiger partial charge < -0.3 is 5.32 Å². The van der Waals surface area contributed by atoms with Crippen LogP contribution in [0.15, 0.2) is 0 Å². The Morgan fingerprint density at radius 1 is 1.38 bits per heavy atom. The van der Waals surface area contributed by atoms with Crippen molar-refractivity contribution >= 4 is 10.0 Å². The molecule has 0 rings (SSSR count). The first-order valence-electron chi connectivity index (χ1n) is 4.29. The van der Waals surface area contributed by atoms with E-state index in [0.29, 0.717) is 6.54 Å². The van der Waals surface area contributed by atoms with Gasteiger partial charge in [-0.1, -0.05) is 6.92 Å². The van der Waals surface area contributed by atoms with E-state index < -0.39 is 15.3 Å². The third kappa shape index (κ3) is 5.20. The molecule has 0 spiro atoms. The van der Waals surface area contributed by atoms with Crippen molar-refractivity contribution in [2.45, 2.75) is 19.1 Å². The Labute approximate surface area is 80.5 Å². The minimum Gasteiger partial charge on any atom is -0.316 e. The number of hydrazine groups is 1. The van der Waals surface area contributed by atoms with E-state index in [9.17, 15) is 8.42 Å². The van der Waals surface area contributed by atoms with Gasteiger partial charge >= 0.3 is 0 Å². The highest BCUT2D eigenvalue weighted by Crippen LogP contribution is 1.96. The van der Waals surface area contributed by atoms with Gasteiger partial charge in [0, 0.05) is 20.6 Å². The predicted molar refractivity (Wildman–Crippen MR) is 53.7 cm³/mol. The van der Waals surface area contributed by atoms with Crippen molar-refractivity contribution in [2.75, 3.05) is 27.2 Å². The molecule has 0 aliphatic carbocycles. The van der Waals surface area contributed by atoms with E-state index in [-0.39, 0.29) is 0 Å². The van der Waals surface area contributed by atoms with Crippen LogP contribution >= 0.6 is 0 Å². The molecule has 13 heavy (non-hydrogen) atoms. The fourth-order valence-electron chi connectivity index (χ4n) is 0.802. The summed E-state index contributed by atoms with van der Waals surface area (Å²) < 4.78 is 22.9. The number of nitrogens with zero attached hydrogens (tertiary/aromatic N) is 1. The zero-order valence-corrected chi connectivity index (χ0v) is 9.48. The molecule has 0 saturated carbocycles. The summed E-state index contributed by atoms with van der Waals surface area (Å²) in [6, 6.07) is 0. The van der Waals surface area contributed by atoms with Gasteiger partial charge in [-0.05, 0) is 13.5 Å². The van der Waals surface area contributed by atoms with E-state index in [1.165, 1.54) is 5.01 Å². The second-order valence-corrected chi connectivity index (χ2v) is 5.23. The molecule has 0 amide bonds. The molecule has 0 aromatic carbocycles. The maximum Gasteiger partial charge on any atom is 0.228 e. The number of sulfonamides is 1. The lowest BCUT2D eigenvalue weighted by Crippen LogP contribution is -2.44. The average molecular weight is 209 g/mol. The molecular weight excluding hydrogens is 190 g/mol. The van der Waals surface area contributed by atoms with Gasteiger partial charge in [-0.2, -0.15) is 0 Å². The Kier molecular flexibility index (Phi) is 5.46. The quantitative estimate of drug-likeness (QED) is 0.572. The second-order valence-electron chi connectivity index (χ2n) is 3.15. The summed E-state index contributed by atoms with van der Waals surface area (Å²) in [6.45, 7) is 4.87. The van der Waals surface area contributed by atoms with Crippen LogP contribution < -0.4 is 10.1 Å². The Morgan fingerprint density at radius 2 is 1.92 bits per heavy atom. The molecule has 0 bridgehead atoms. The standard InChI is InChI=1S/C7H19N3O2S/c1-5-8-6-7(2)13(11,12)9-10(3)4/h7-9H,5-6H2,1-4H3. The van der Waals surface area contributed by atoms with Crippen molar-refractivity contribution in [3.05, 3.63) is 0 Å². The molecule has 1 unspecified atom stereocenters. The molecule has 2 N–H and O–H groups in total. The van der Waals surface area contributed by atoms with Gasteiger partial charge in [-0.3, -0.25) is 0 Å². The maximum atomic E-state index is 11.5. The molecule has 0 aliphatic heterocycles. The minimum absolute atomic E-state index is 0.421. The lowest BCUT2D eigenvalue weighted by Gasteiger charge is -2.17. The van der Waals surface area contributed by atoms with Gasteiger partial charge in [0.15, 0.2) is 0 Å². The van der Waals surface area contributed by atoms with Gasteiger partial charge in [0.05, 0.1) is 5.25 Å². The normalized spacial score (nSPS) is 14.8. The lowest BCUT2D eigenvalue weighted by atomic mass is 10.5. The molecule has 6 heteroatoms. The molecule has 0 heterocycles. The summed E-state index contributed by atoms with van der Waals surface area (Å²) >= 11 is 0. The van der Waals surface area contributed by atoms with Gasteiger partial charge in [0.25, 0.3) is 0 Å². The molecular formula is C7H19N3O2S. The van der Waals surface area contributed by atoms with Gasteiger partial charge in [-0.15, -0.1) is 4.83 Å². The zero-order valence-electron chi connectivity index (χ0n) is 8.66. The smallest absolute Gasteiger partial charge is 0.228 e. The molecule has 0 saturated heterocycles. The molecule has 5 nitrogen and oxygen atoms in total. The monoisotopic (exact) mass is 209 g/mol. The summed E-state index contributed by atoms with van der Waals surface area (Å²) in [4.78, 5) is 2.39. The number of nitrogens with one attached hydrogen (secondary N) is 2. The Hall–Kier alpha value is -0.170. The van der Waals surface area contributed by atoms with E-state index in [0.717, 1.165) is 6.54 Å². The highest BCUT2D eigenvalue weighted by atomic mass is 32.2. The van der Waals surface area contributed by atoms with E-state index >= 15 is 0 Å². The number of hydrogen-bond acceptors (Lipinski definition) is 4. The SMILES string of the molecule is CCNCC(C)S(=O)(=O)NN(C)C. The second kappa shape index (κ2) is 5.54. The molecule has 0 aliphatic rings. The summed E-state index contributed by atoms with van der Waals surface area (Å²) in [6.07, 6.45) is 0. The van der Waals surface area contributed by atoms with Crippen LogP contribution in [0.4, 0.5) is 0 Å². The van der Waals surface area contributed by atoms with Crippen molar-refractivity contribution in [1.82, 2.24) is 15.2 Å². The largest absolute Gasteiger partial charge is 0.316 e. The van der Waals surface area contributed by atoms with Crippen molar-refractivity contribution in [3.8, 4) is 0 Å². The maximum absolute atomic E-state index is 11.5. The van der Waals surface area contributed by atoms with Crippen LogP contribution in [0.3, 0.4) is 0 Å². The van der Waals surface area contributed by atoms with Crippen LogP contribution in [0.5, 0.6) is 0 Å². The predicted octanol–water partition coefficient (Wildman–Crippen LogP) is -0.620. The summed E-state index contributed by atoms with van der Waals surface area (Å²) in [5.74, 6) is 0. The van der Waals surface area contributed by atoms with Crippen LogP contribution in [0.1, 0.15) is 13.8 Å². The first kappa shape index (κ1) is 12.8. The lowest BCUT2D eigenvalue weighted by molar-refractivity contribution is 0.361. The third-order valence-electron chi connectivity index (χ3n) is 1.52. The van der Waals surface area contributed by atoms with Crippen LogP contribution in [0.25, 0.3) is 0 Å². The van der Waals surface area contributed by atoms with Gasteiger partial charge in [0.1, 0.15) is 0 Å². The van der Waals surface area contributed by atoms with Gasteiger partial charge in [0.2, 0.25) is 10.0 Å². The average Bonchev–Trinajstić information content (AvgIpc) is 1.97. The Bertz CT molecular complexity index is 226. The molecule has 1 atom stereocenters. The van der Waals surface area contributed by atoms with Crippen molar-refractivity contribution in [1.29, 1.82) is 0 Å². The van der Waals surface area contributed by atoms with E-state index in [1.807, 2.05) is 6.92 Å². The number of rotatable bonds is 6. The van der Waals surface area contributed by atoms with Gasteiger partial charge in [-0.25, -0.2) is 13.4 Å². The van der Waals surface area contributed by atoms with Crippen molar-refractivity contribution in [3.63, 3.8) is 0 Å². The van der Waals surface area contributed by atoms with Crippen LogP contribution in [0, 0.1) is 0 Å². The van der Waals surface area contributed by atoms with E-state index in [4.69, 9.17) is 0 Å². The molecule has 0 radical (unpaired) electrons. The molecule has 0 fully saturated rings. The van der Waals surface area contributed by atoms with Crippen LogP contribution in [-0.2, 0) is 10.0 Å². The zero-order chi connectivity index (χ0) is 10.5. The van der Waals surface area contributed by atoms with E-state index in [1.54, 1.807) is 21.0 Å². The highest BCUT2D eigenvalue weighted by Gasteiger charge is 2.20. The minimum atomic E-state index is -3.22. The summed E-state index contributed by atoms with van der Waals surface area (Å²) in [5.41, 5.74) is 0. The van der Waals surface area contributed by atoms with Crippen LogP contribution in [-0.4, -0.2) is 45.9 Å². The highest BCUT2D eigenvalue weighted by molar-refractivity contribution is 7.90. The third-order valence-corrected chi connectivity index (χ3v) is 3.37. The first-order chi connectivity index (χ1) is 5.90. The molecule has 0 aromatic heterocycles. The number of hydrogen-bond donors (Lipinski definition) is 2. The summed E-state index contributed by atoms with van der Waals surface area (Å²) in [7, 11) is 0.0823. The molecule has 80 valence electrons. The van der Waals surface area contributed by atoms with Crippen molar-refractivity contribution < 1.29 is 8.42 Å². The Balaban J connectivity index is 4.12. The topological polar surface area (TPSA) is 61.4 Å². The van der Waals surface area contributed by atoms with Crippen molar-refractivity contribution in [2.24, 2.45) is 0 Å². The summed E-state index contributed by atoms with van der Waals surface area (Å²) in [5, 5.41) is 4.00. The van der Waals surface area contributed by atoms with E-state index in [2.05, 4.69) is 10.1 Å². The Morgan fingerprint density at radius 3 is 2.31 bits per heavy atom. The first-order valence-corrected chi connectivity index (χ1v) is 5.84. The fraction of sp³-hybridized carbons (Fsp3) is 1.00.